The first-order valence-corrected chi connectivity index (χ1v) is 7.33. The van der Waals surface area contributed by atoms with E-state index in [2.05, 4.69) is 56.4 Å². The first kappa shape index (κ1) is 13.6. The van der Waals surface area contributed by atoms with Gasteiger partial charge in [0.25, 0.3) is 0 Å². The lowest BCUT2D eigenvalue weighted by Crippen LogP contribution is -2.35. The molecule has 1 aromatic carbocycles. The van der Waals surface area contributed by atoms with Gasteiger partial charge in [0.05, 0.1) is 0 Å². The topological polar surface area (TPSA) is 12.0 Å². The van der Waals surface area contributed by atoms with Crippen molar-refractivity contribution in [2.24, 2.45) is 11.3 Å². The third-order valence-electron chi connectivity index (χ3n) is 4.39. The van der Waals surface area contributed by atoms with Crippen LogP contribution in [0.3, 0.4) is 0 Å². The Kier molecular flexibility index (Phi) is 4.45. The van der Waals surface area contributed by atoms with Crippen LogP contribution in [0.15, 0.2) is 30.3 Å². The van der Waals surface area contributed by atoms with Crippen molar-refractivity contribution in [3.05, 3.63) is 35.9 Å². The molecule has 0 heterocycles. The Bertz CT molecular complexity index is 342. The summed E-state index contributed by atoms with van der Waals surface area (Å²) in [7, 11) is 0. The monoisotopic (exact) mass is 245 g/mol. The highest BCUT2D eigenvalue weighted by atomic mass is 14.9. The van der Waals surface area contributed by atoms with Gasteiger partial charge in [-0.15, -0.1) is 0 Å². The minimum absolute atomic E-state index is 0.490. The van der Waals surface area contributed by atoms with E-state index in [1.54, 1.807) is 0 Å². The van der Waals surface area contributed by atoms with E-state index < -0.39 is 0 Å². The lowest BCUT2D eigenvalue weighted by Gasteiger charge is -2.37. The molecule has 1 fully saturated rings. The minimum atomic E-state index is 0.490. The van der Waals surface area contributed by atoms with Crippen LogP contribution in [-0.2, 0) is 6.54 Å². The zero-order chi connectivity index (χ0) is 13.0. The third kappa shape index (κ3) is 3.84. The summed E-state index contributed by atoms with van der Waals surface area (Å²) in [5, 5.41) is 3.71. The Morgan fingerprint density at radius 2 is 1.61 bits per heavy atom. The van der Waals surface area contributed by atoms with Crippen LogP contribution in [-0.4, -0.2) is 6.04 Å². The largest absolute Gasteiger partial charge is 0.310 e. The molecule has 0 bridgehead atoms. The van der Waals surface area contributed by atoms with Crippen molar-refractivity contribution in [2.75, 3.05) is 0 Å². The summed E-state index contributed by atoms with van der Waals surface area (Å²) in [6, 6.07) is 11.4. The van der Waals surface area contributed by atoms with Crippen LogP contribution in [0.2, 0.25) is 0 Å². The Hall–Kier alpha value is -0.820. The van der Waals surface area contributed by atoms with Gasteiger partial charge in [0.1, 0.15) is 0 Å². The Morgan fingerprint density at radius 3 is 2.17 bits per heavy atom. The second-order valence-electron chi connectivity index (χ2n) is 6.78. The smallest absolute Gasteiger partial charge is 0.0208 e. The Morgan fingerprint density at radius 1 is 1.00 bits per heavy atom. The maximum absolute atomic E-state index is 3.71. The zero-order valence-corrected chi connectivity index (χ0v) is 12.1. The van der Waals surface area contributed by atoms with E-state index in [1.807, 2.05) is 0 Å². The van der Waals surface area contributed by atoms with E-state index in [1.165, 1.54) is 31.2 Å². The Balaban J connectivity index is 1.74. The molecule has 0 radical (unpaired) electrons. The normalized spacial score (nSPS) is 25.1. The first-order chi connectivity index (χ1) is 8.55. The molecule has 2 rings (SSSR count). The van der Waals surface area contributed by atoms with Crippen LogP contribution >= 0.6 is 0 Å². The van der Waals surface area contributed by atoms with Gasteiger partial charge >= 0.3 is 0 Å². The summed E-state index contributed by atoms with van der Waals surface area (Å²) in [5.74, 6) is 0.910. The maximum atomic E-state index is 3.71. The molecule has 100 valence electrons. The van der Waals surface area contributed by atoms with Crippen LogP contribution in [0.5, 0.6) is 0 Å². The average molecular weight is 245 g/mol. The lowest BCUT2D eigenvalue weighted by molar-refractivity contribution is 0.160. The van der Waals surface area contributed by atoms with Crippen molar-refractivity contribution >= 4 is 0 Å². The maximum Gasteiger partial charge on any atom is 0.0208 e. The predicted octanol–water partition coefficient (Wildman–Crippen LogP) is 4.38. The molecular weight excluding hydrogens is 218 g/mol. The Labute approximate surface area is 112 Å². The van der Waals surface area contributed by atoms with E-state index >= 15 is 0 Å². The highest BCUT2D eigenvalue weighted by Gasteiger charge is 2.29. The van der Waals surface area contributed by atoms with E-state index in [0.717, 1.165) is 18.5 Å². The molecular formula is C17H27N. The summed E-state index contributed by atoms with van der Waals surface area (Å²) in [6.07, 6.45) is 5.45. The summed E-state index contributed by atoms with van der Waals surface area (Å²) in [4.78, 5) is 0. The van der Waals surface area contributed by atoms with E-state index in [-0.39, 0.29) is 0 Å². The fraction of sp³-hybridized carbons (Fsp3) is 0.647. The van der Waals surface area contributed by atoms with E-state index in [9.17, 15) is 0 Å². The molecule has 0 unspecified atom stereocenters. The molecule has 1 saturated carbocycles. The molecule has 0 aliphatic heterocycles. The fourth-order valence-electron chi connectivity index (χ4n) is 3.02. The summed E-state index contributed by atoms with van der Waals surface area (Å²) >= 11 is 0. The number of rotatable bonds is 3. The van der Waals surface area contributed by atoms with Crippen molar-refractivity contribution in [3.8, 4) is 0 Å². The van der Waals surface area contributed by atoms with Crippen LogP contribution in [0.1, 0.15) is 52.0 Å². The average Bonchev–Trinajstić information content (AvgIpc) is 2.37. The van der Waals surface area contributed by atoms with Crippen LogP contribution in [0.25, 0.3) is 0 Å². The zero-order valence-electron chi connectivity index (χ0n) is 12.1. The molecule has 0 aromatic heterocycles. The van der Waals surface area contributed by atoms with Crippen molar-refractivity contribution in [1.82, 2.24) is 5.32 Å². The molecule has 1 aliphatic carbocycles. The van der Waals surface area contributed by atoms with Crippen LogP contribution in [0.4, 0.5) is 0 Å². The van der Waals surface area contributed by atoms with Crippen molar-refractivity contribution in [1.29, 1.82) is 0 Å². The van der Waals surface area contributed by atoms with Crippen molar-refractivity contribution in [3.63, 3.8) is 0 Å². The minimum Gasteiger partial charge on any atom is -0.310 e. The highest BCUT2D eigenvalue weighted by molar-refractivity contribution is 5.14. The number of nitrogens with one attached hydrogen (secondary N) is 1. The van der Waals surface area contributed by atoms with Gasteiger partial charge in [0.15, 0.2) is 0 Å². The molecule has 1 heteroatoms. The lowest BCUT2D eigenvalue weighted by atomic mass is 9.71. The molecule has 0 saturated heterocycles. The van der Waals surface area contributed by atoms with E-state index in [4.69, 9.17) is 0 Å². The summed E-state index contributed by atoms with van der Waals surface area (Å²) in [6.45, 7) is 8.17. The van der Waals surface area contributed by atoms with Crippen LogP contribution < -0.4 is 5.32 Å². The van der Waals surface area contributed by atoms with Gasteiger partial charge in [-0.2, -0.15) is 0 Å². The molecule has 1 aromatic rings. The predicted molar refractivity (Wildman–Crippen MR) is 78.5 cm³/mol. The third-order valence-corrected chi connectivity index (χ3v) is 4.39. The molecule has 18 heavy (non-hydrogen) atoms. The van der Waals surface area contributed by atoms with Gasteiger partial charge in [0.2, 0.25) is 0 Å². The van der Waals surface area contributed by atoms with Gasteiger partial charge in [-0.05, 0) is 42.6 Å². The van der Waals surface area contributed by atoms with Gasteiger partial charge in [0, 0.05) is 12.6 Å². The fourth-order valence-corrected chi connectivity index (χ4v) is 3.02. The molecule has 1 nitrogen and oxygen atoms in total. The molecule has 0 atom stereocenters. The number of benzene rings is 1. The van der Waals surface area contributed by atoms with E-state index in [0.29, 0.717) is 5.41 Å². The van der Waals surface area contributed by atoms with Gasteiger partial charge in [-0.25, -0.2) is 0 Å². The molecule has 1 N–H and O–H groups in total. The summed E-state index contributed by atoms with van der Waals surface area (Å²) < 4.78 is 0. The standard InChI is InChI=1S/C17H27N/c1-17(2,3)15-9-11-16(12-10-15)18-13-14-7-5-4-6-8-14/h4-8,15-16,18H,9-13H2,1-3H3/t15-,16-. The molecule has 1 aliphatic rings. The second-order valence-corrected chi connectivity index (χ2v) is 6.78. The summed E-state index contributed by atoms with van der Waals surface area (Å²) in [5.41, 5.74) is 1.89. The quantitative estimate of drug-likeness (QED) is 0.833. The van der Waals surface area contributed by atoms with Gasteiger partial charge in [-0.1, -0.05) is 51.1 Å². The first-order valence-electron chi connectivity index (χ1n) is 7.33. The van der Waals surface area contributed by atoms with Gasteiger partial charge < -0.3 is 5.32 Å². The number of hydrogen-bond donors (Lipinski definition) is 1. The van der Waals surface area contributed by atoms with Gasteiger partial charge in [-0.3, -0.25) is 0 Å². The van der Waals surface area contributed by atoms with Crippen molar-refractivity contribution in [2.45, 2.75) is 59.0 Å². The number of hydrogen-bond acceptors (Lipinski definition) is 1. The van der Waals surface area contributed by atoms with Crippen molar-refractivity contribution < 1.29 is 0 Å². The molecule has 0 amide bonds. The highest BCUT2D eigenvalue weighted by Crippen LogP contribution is 2.37. The second kappa shape index (κ2) is 5.88. The SMILES string of the molecule is CC(C)(C)[C@H]1CC[C@H](NCc2ccccc2)CC1. The van der Waals surface area contributed by atoms with Crippen LogP contribution in [0, 0.1) is 11.3 Å². The molecule has 0 spiro atoms.